The number of pyridine rings is 1. The molecule has 1 aliphatic rings. The maximum Gasteiger partial charge on any atom is 0.433 e. The Kier molecular flexibility index (Phi) is 5.51. The summed E-state index contributed by atoms with van der Waals surface area (Å²) < 4.78 is 38.1. The van der Waals surface area contributed by atoms with Gasteiger partial charge in [0.1, 0.15) is 5.69 Å². The lowest BCUT2D eigenvalue weighted by Crippen LogP contribution is -2.28. The van der Waals surface area contributed by atoms with Crippen LogP contribution in [0.15, 0.2) is 42.6 Å². The SMILES string of the molecule is O=C(NCC(CC1CC1)c1ccc(C(F)(F)F)nc1)c1cccc(Cl)c1. The first-order valence-corrected chi connectivity index (χ1v) is 8.77. The first kappa shape index (κ1) is 18.7. The minimum absolute atomic E-state index is 0.0691. The van der Waals surface area contributed by atoms with Crippen LogP contribution in [0.2, 0.25) is 5.02 Å². The van der Waals surface area contributed by atoms with Crippen molar-refractivity contribution in [2.45, 2.75) is 31.4 Å². The van der Waals surface area contributed by atoms with Crippen molar-refractivity contribution in [1.29, 1.82) is 0 Å². The Hall–Kier alpha value is -2.08. The van der Waals surface area contributed by atoms with E-state index >= 15 is 0 Å². The number of carbonyl (C=O) groups is 1. The molecular weight excluding hydrogens is 365 g/mol. The highest BCUT2D eigenvalue weighted by atomic mass is 35.5. The maximum atomic E-state index is 12.7. The van der Waals surface area contributed by atoms with Gasteiger partial charge in [-0.3, -0.25) is 9.78 Å². The average Bonchev–Trinajstić information content (AvgIpc) is 3.42. The molecule has 1 amide bonds. The Bertz CT molecular complexity index is 773. The van der Waals surface area contributed by atoms with E-state index in [4.69, 9.17) is 11.6 Å². The molecular formula is C19H18ClF3N2O. The number of hydrogen-bond acceptors (Lipinski definition) is 2. The van der Waals surface area contributed by atoms with Crippen LogP contribution in [0, 0.1) is 5.92 Å². The third-order valence-electron chi connectivity index (χ3n) is 4.46. The first-order chi connectivity index (χ1) is 12.3. The molecule has 1 fully saturated rings. The number of benzene rings is 1. The third kappa shape index (κ3) is 4.97. The van der Waals surface area contributed by atoms with E-state index in [0.717, 1.165) is 25.3 Å². The summed E-state index contributed by atoms with van der Waals surface area (Å²) >= 11 is 5.90. The summed E-state index contributed by atoms with van der Waals surface area (Å²) in [5.74, 6) is 0.235. The largest absolute Gasteiger partial charge is 0.433 e. The molecule has 0 aliphatic heterocycles. The lowest BCUT2D eigenvalue weighted by molar-refractivity contribution is -0.141. The summed E-state index contributed by atoms with van der Waals surface area (Å²) in [6.07, 6.45) is -0.130. The molecule has 1 aromatic carbocycles. The normalized spacial score (nSPS) is 15.5. The van der Waals surface area contributed by atoms with Crippen LogP contribution in [0.4, 0.5) is 13.2 Å². The van der Waals surface area contributed by atoms with Crippen LogP contribution in [0.3, 0.4) is 0 Å². The van der Waals surface area contributed by atoms with Gasteiger partial charge in [0.05, 0.1) is 0 Å². The van der Waals surface area contributed by atoms with Gasteiger partial charge in [0.25, 0.3) is 5.91 Å². The predicted octanol–water partition coefficient (Wildman–Crippen LogP) is 5.07. The number of rotatable bonds is 6. The van der Waals surface area contributed by atoms with Gasteiger partial charge in [-0.05, 0) is 42.2 Å². The van der Waals surface area contributed by atoms with Crippen LogP contribution in [0.1, 0.15) is 46.8 Å². The molecule has 0 saturated heterocycles. The Morgan fingerprint density at radius 1 is 1.27 bits per heavy atom. The van der Waals surface area contributed by atoms with Gasteiger partial charge in [-0.1, -0.05) is 36.6 Å². The number of amides is 1. The molecule has 1 aliphatic carbocycles. The van der Waals surface area contributed by atoms with Crippen molar-refractivity contribution in [3.63, 3.8) is 0 Å². The first-order valence-electron chi connectivity index (χ1n) is 8.40. The number of halogens is 4. The van der Waals surface area contributed by atoms with Crippen molar-refractivity contribution < 1.29 is 18.0 Å². The van der Waals surface area contributed by atoms with Gasteiger partial charge in [-0.25, -0.2) is 0 Å². The fourth-order valence-electron chi connectivity index (χ4n) is 2.86. The molecule has 138 valence electrons. The lowest BCUT2D eigenvalue weighted by atomic mass is 9.94. The fraction of sp³-hybridized carbons (Fsp3) is 0.368. The number of carbonyl (C=O) groups excluding carboxylic acids is 1. The molecule has 3 nitrogen and oxygen atoms in total. The highest BCUT2D eigenvalue weighted by Crippen LogP contribution is 2.38. The second kappa shape index (κ2) is 7.66. The van der Waals surface area contributed by atoms with Gasteiger partial charge >= 0.3 is 6.18 Å². The molecule has 1 heterocycles. The zero-order chi connectivity index (χ0) is 18.7. The molecule has 7 heteroatoms. The summed E-state index contributed by atoms with van der Waals surface area (Å²) in [7, 11) is 0. The lowest BCUT2D eigenvalue weighted by Gasteiger charge is -2.18. The summed E-state index contributed by atoms with van der Waals surface area (Å²) in [5, 5.41) is 3.33. The quantitative estimate of drug-likeness (QED) is 0.758. The highest BCUT2D eigenvalue weighted by Gasteiger charge is 2.33. The molecule has 3 rings (SSSR count). The van der Waals surface area contributed by atoms with Crippen LogP contribution in [0.5, 0.6) is 0 Å². The van der Waals surface area contributed by atoms with Crippen molar-refractivity contribution in [3.8, 4) is 0 Å². The predicted molar refractivity (Wildman–Crippen MR) is 93.1 cm³/mol. The van der Waals surface area contributed by atoms with Crippen molar-refractivity contribution in [3.05, 3.63) is 64.4 Å². The molecule has 0 spiro atoms. The van der Waals surface area contributed by atoms with Crippen LogP contribution < -0.4 is 5.32 Å². The summed E-state index contributed by atoms with van der Waals surface area (Å²) in [6, 6.07) is 9.06. The van der Waals surface area contributed by atoms with E-state index < -0.39 is 11.9 Å². The third-order valence-corrected chi connectivity index (χ3v) is 4.69. The molecule has 1 N–H and O–H groups in total. The zero-order valence-corrected chi connectivity index (χ0v) is 14.6. The topological polar surface area (TPSA) is 42.0 Å². The van der Waals surface area contributed by atoms with Crippen LogP contribution in [-0.2, 0) is 6.18 Å². The minimum atomic E-state index is -4.45. The van der Waals surface area contributed by atoms with Crippen LogP contribution in [-0.4, -0.2) is 17.4 Å². The van der Waals surface area contributed by atoms with Crippen molar-refractivity contribution in [2.24, 2.45) is 5.92 Å². The van der Waals surface area contributed by atoms with E-state index in [2.05, 4.69) is 10.3 Å². The van der Waals surface area contributed by atoms with E-state index in [1.165, 1.54) is 12.3 Å². The average molecular weight is 383 g/mol. The maximum absolute atomic E-state index is 12.7. The number of nitrogens with zero attached hydrogens (tertiary/aromatic N) is 1. The number of nitrogens with one attached hydrogen (secondary N) is 1. The van der Waals surface area contributed by atoms with Crippen molar-refractivity contribution in [2.75, 3.05) is 6.54 Å². The Balaban J connectivity index is 1.69. The zero-order valence-electron chi connectivity index (χ0n) is 13.9. The van der Waals surface area contributed by atoms with E-state index in [0.29, 0.717) is 28.6 Å². The van der Waals surface area contributed by atoms with Gasteiger partial charge in [0.15, 0.2) is 0 Å². The Labute approximate surface area is 154 Å². The van der Waals surface area contributed by atoms with E-state index in [-0.39, 0.29) is 11.8 Å². The Morgan fingerprint density at radius 2 is 2.04 bits per heavy atom. The van der Waals surface area contributed by atoms with Crippen molar-refractivity contribution >= 4 is 17.5 Å². The smallest absolute Gasteiger partial charge is 0.351 e. The standard InChI is InChI=1S/C19H18ClF3N2O/c20-16-3-1-2-13(9-16)18(26)25-11-15(8-12-4-5-12)14-6-7-17(24-10-14)19(21,22)23/h1-3,6-7,9-10,12,15H,4-5,8,11H2,(H,25,26). The second-order valence-corrected chi connectivity index (χ2v) is 7.01. The molecule has 1 aromatic heterocycles. The highest BCUT2D eigenvalue weighted by molar-refractivity contribution is 6.30. The van der Waals surface area contributed by atoms with Crippen molar-refractivity contribution in [1.82, 2.24) is 10.3 Å². The summed E-state index contributed by atoms with van der Waals surface area (Å²) in [6.45, 7) is 0.342. The van der Waals surface area contributed by atoms with Gasteiger partial charge in [-0.2, -0.15) is 13.2 Å². The molecule has 2 aromatic rings. The van der Waals surface area contributed by atoms with Gasteiger partial charge in [-0.15, -0.1) is 0 Å². The van der Waals surface area contributed by atoms with Gasteiger partial charge in [0.2, 0.25) is 0 Å². The molecule has 1 saturated carbocycles. The summed E-state index contributed by atoms with van der Waals surface area (Å²) in [4.78, 5) is 15.8. The molecule has 26 heavy (non-hydrogen) atoms. The number of hydrogen-bond donors (Lipinski definition) is 1. The monoisotopic (exact) mass is 382 g/mol. The van der Waals surface area contributed by atoms with Crippen LogP contribution >= 0.6 is 11.6 Å². The van der Waals surface area contributed by atoms with Gasteiger partial charge < -0.3 is 5.32 Å². The van der Waals surface area contributed by atoms with Gasteiger partial charge in [0, 0.05) is 29.2 Å². The molecule has 1 atom stereocenters. The van der Waals surface area contributed by atoms with Crippen LogP contribution in [0.25, 0.3) is 0 Å². The van der Waals surface area contributed by atoms with E-state index in [1.54, 1.807) is 24.3 Å². The number of alkyl halides is 3. The van der Waals surface area contributed by atoms with E-state index in [9.17, 15) is 18.0 Å². The second-order valence-electron chi connectivity index (χ2n) is 6.57. The number of aromatic nitrogens is 1. The fourth-order valence-corrected chi connectivity index (χ4v) is 3.05. The molecule has 1 unspecified atom stereocenters. The molecule has 0 bridgehead atoms. The van der Waals surface area contributed by atoms with E-state index in [1.807, 2.05) is 0 Å². The summed E-state index contributed by atoms with van der Waals surface area (Å²) in [5.41, 5.74) is 0.249. The Morgan fingerprint density at radius 3 is 2.62 bits per heavy atom. The molecule has 0 radical (unpaired) electrons. The minimum Gasteiger partial charge on any atom is -0.351 e.